The molecule has 0 amide bonds. The number of nitrogens with one attached hydrogen (secondary N) is 1. The molecule has 0 radical (unpaired) electrons. The number of hydrogen-bond acceptors (Lipinski definition) is 3. The van der Waals surface area contributed by atoms with Gasteiger partial charge in [0.25, 0.3) is 0 Å². The van der Waals surface area contributed by atoms with Crippen LogP contribution in [0.15, 0.2) is 27.6 Å². The van der Waals surface area contributed by atoms with Crippen LogP contribution in [0.25, 0.3) is 0 Å². The largest absolute Gasteiger partial charge is 0.494 e. The van der Waals surface area contributed by atoms with E-state index >= 15 is 0 Å². The van der Waals surface area contributed by atoms with Crippen molar-refractivity contribution in [1.82, 2.24) is 4.72 Å². The Morgan fingerprint density at radius 2 is 2.05 bits per heavy atom. The van der Waals surface area contributed by atoms with Crippen molar-refractivity contribution >= 4 is 26.0 Å². The van der Waals surface area contributed by atoms with Crippen LogP contribution in [0.3, 0.4) is 0 Å². The second-order valence-corrected chi connectivity index (χ2v) is 7.21. The summed E-state index contributed by atoms with van der Waals surface area (Å²) < 4.78 is 32.6. The van der Waals surface area contributed by atoms with Gasteiger partial charge in [0.1, 0.15) is 5.75 Å². The SMILES string of the molecule is CCNS(=O)(=O)c1cc(OCCC(C)C)ccc1Br. The Hall–Kier alpha value is -0.590. The molecule has 108 valence electrons. The van der Waals surface area contributed by atoms with E-state index in [1.165, 1.54) is 0 Å². The molecule has 0 unspecified atom stereocenters. The van der Waals surface area contributed by atoms with Gasteiger partial charge >= 0.3 is 0 Å². The summed E-state index contributed by atoms with van der Waals surface area (Å²) >= 11 is 3.25. The van der Waals surface area contributed by atoms with Gasteiger partial charge in [-0.05, 0) is 40.4 Å². The smallest absolute Gasteiger partial charge is 0.241 e. The maximum atomic E-state index is 12.0. The van der Waals surface area contributed by atoms with Gasteiger partial charge in [-0.2, -0.15) is 0 Å². The summed E-state index contributed by atoms with van der Waals surface area (Å²) in [7, 11) is -3.48. The lowest BCUT2D eigenvalue weighted by Gasteiger charge is -2.11. The van der Waals surface area contributed by atoms with Crippen molar-refractivity contribution < 1.29 is 13.2 Å². The fourth-order valence-electron chi connectivity index (χ4n) is 1.46. The number of ether oxygens (including phenoxy) is 1. The van der Waals surface area contributed by atoms with Crippen molar-refractivity contribution in [2.24, 2.45) is 5.92 Å². The molecule has 0 atom stereocenters. The first kappa shape index (κ1) is 16.5. The fourth-order valence-corrected chi connectivity index (χ4v) is 3.48. The van der Waals surface area contributed by atoms with E-state index in [-0.39, 0.29) is 4.90 Å². The monoisotopic (exact) mass is 349 g/mol. The van der Waals surface area contributed by atoms with Gasteiger partial charge in [0, 0.05) is 17.1 Å². The molecule has 1 aromatic carbocycles. The van der Waals surface area contributed by atoms with Crippen LogP contribution in [0.4, 0.5) is 0 Å². The molecule has 19 heavy (non-hydrogen) atoms. The second-order valence-electron chi connectivity index (χ2n) is 4.62. The molecule has 0 heterocycles. The maximum absolute atomic E-state index is 12.0. The molecule has 1 rings (SSSR count). The summed E-state index contributed by atoms with van der Waals surface area (Å²) in [6.07, 6.45) is 0.936. The van der Waals surface area contributed by atoms with E-state index in [0.29, 0.717) is 29.3 Å². The van der Waals surface area contributed by atoms with E-state index < -0.39 is 10.0 Å². The Balaban J connectivity index is 2.89. The van der Waals surface area contributed by atoms with Crippen molar-refractivity contribution in [3.8, 4) is 5.75 Å². The third-order valence-electron chi connectivity index (χ3n) is 2.49. The minimum absolute atomic E-state index is 0.205. The summed E-state index contributed by atoms with van der Waals surface area (Å²) in [4.78, 5) is 0.205. The molecule has 0 bridgehead atoms. The van der Waals surface area contributed by atoms with Crippen LogP contribution >= 0.6 is 15.9 Å². The van der Waals surface area contributed by atoms with Crippen LogP contribution in [0.1, 0.15) is 27.2 Å². The van der Waals surface area contributed by atoms with E-state index in [4.69, 9.17) is 4.74 Å². The molecular formula is C13H20BrNO3S. The van der Waals surface area contributed by atoms with Crippen molar-refractivity contribution in [2.75, 3.05) is 13.2 Å². The molecule has 0 aliphatic carbocycles. The van der Waals surface area contributed by atoms with Gasteiger partial charge in [0.2, 0.25) is 10.0 Å². The Kier molecular flexibility index (Phi) is 6.29. The molecule has 0 spiro atoms. The number of hydrogen-bond donors (Lipinski definition) is 1. The first-order chi connectivity index (χ1) is 8.86. The Labute approximate surface area is 123 Å². The normalized spacial score (nSPS) is 11.8. The quantitative estimate of drug-likeness (QED) is 0.822. The summed E-state index contributed by atoms with van der Waals surface area (Å²) in [5, 5.41) is 0. The summed E-state index contributed by atoms with van der Waals surface area (Å²) in [6, 6.07) is 4.99. The van der Waals surface area contributed by atoms with E-state index in [1.807, 2.05) is 0 Å². The van der Waals surface area contributed by atoms with Crippen molar-refractivity contribution in [3.05, 3.63) is 22.7 Å². The van der Waals surface area contributed by atoms with E-state index in [2.05, 4.69) is 34.5 Å². The average molecular weight is 350 g/mol. The number of rotatable bonds is 7. The van der Waals surface area contributed by atoms with Crippen LogP contribution in [0.2, 0.25) is 0 Å². The Morgan fingerprint density at radius 3 is 2.63 bits per heavy atom. The molecule has 0 aliphatic heterocycles. The highest BCUT2D eigenvalue weighted by Gasteiger charge is 2.17. The van der Waals surface area contributed by atoms with Crippen LogP contribution in [-0.4, -0.2) is 21.6 Å². The van der Waals surface area contributed by atoms with Gasteiger partial charge in [-0.25, -0.2) is 13.1 Å². The number of benzene rings is 1. The van der Waals surface area contributed by atoms with E-state index in [9.17, 15) is 8.42 Å². The van der Waals surface area contributed by atoms with E-state index in [1.54, 1.807) is 25.1 Å². The van der Waals surface area contributed by atoms with E-state index in [0.717, 1.165) is 6.42 Å². The molecule has 1 aromatic rings. The molecule has 0 saturated carbocycles. The molecule has 1 N–H and O–H groups in total. The number of halogens is 1. The highest BCUT2D eigenvalue weighted by molar-refractivity contribution is 9.10. The molecule has 0 fully saturated rings. The zero-order valence-electron chi connectivity index (χ0n) is 11.4. The lowest BCUT2D eigenvalue weighted by molar-refractivity contribution is 0.289. The second kappa shape index (κ2) is 7.26. The molecule has 4 nitrogen and oxygen atoms in total. The van der Waals surface area contributed by atoms with Crippen molar-refractivity contribution in [3.63, 3.8) is 0 Å². The molecule has 0 aliphatic rings. The highest BCUT2D eigenvalue weighted by atomic mass is 79.9. The van der Waals surface area contributed by atoms with Gasteiger partial charge in [-0.3, -0.25) is 0 Å². The lowest BCUT2D eigenvalue weighted by atomic mass is 10.1. The van der Waals surface area contributed by atoms with Gasteiger partial charge in [0.05, 0.1) is 11.5 Å². The first-order valence-electron chi connectivity index (χ1n) is 6.29. The first-order valence-corrected chi connectivity index (χ1v) is 8.56. The summed E-state index contributed by atoms with van der Waals surface area (Å²) in [5.74, 6) is 1.13. The van der Waals surface area contributed by atoms with Crippen LogP contribution in [-0.2, 0) is 10.0 Å². The third-order valence-corrected chi connectivity index (χ3v) is 5.03. The zero-order valence-corrected chi connectivity index (χ0v) is 13.8. The average Bonchev–Trinajstić information content (AvgIpc) is 2.30. The Morgan fingerprint density at radius 1 is 1.37 bits per heavy atom. The molecule has 0 aromatic heterocycles. The maximum Gasteiger partial charge on any atom is 0.241 e. The predicted molar refractivity (Wildman–Crippen MR) is 80.0 cm³/mol. The fraction of sp³-hybridized carbons (Fsp3) is 0.538. The van der Waals surface area contributed by atoms with Crippen molar-refractivity contribution in [1.29, 1.82) is 0 Å². The topological polar surface area (TPSA) is 55.4 Å². The molecular weight excluding hydrogens is 330 g/mol. The van der Waals surface area contributed by atoms with Gasteiger partial charge < -0.3 is 4.74 Å². The van der Waals surface area contributed by atoms with Gasteiger partial charge in [-0.15, -0.1) is 0 Å². The Bertz CT molecular complexity index is 515. The zero-order chi connectivity index (χ0) is 14.5. The van der Waals surface area contributed by atoms with Crippen LogP contribution in [0.5, 0.6) is 5.75 Å². The lowest BCUT2D eigenvalue weighted by Crippen LogP contribution is -2.23. The molecule has 0 saturated heterocycles. The van der Waals surface area contributed by atoms with Gasteiger partial charge in [0.15, 0.2) is 0 Å². The predicted octanol–water partition coefficient (Wildman–Crippen LogP) is 3.17. The van der Waals surface area contributed by atoms with Crippen LogP contribution in [0, 0.1) is 5.92 Å². The molecule has 6 heteroatoms. The minimum atomic E-state index is -3.48. The number of sulfonamides is 1. The van der Waals surface area contributed by atoms with Crippen LogP contribution < -0.4 is 9.46 Å². The standard InChI is InChI=1S/C13H20BrNO3S/c1-4-15-19(16,17)13-9-11(5-6-12(13)14)18-8-7-10(2)3/h5-6,9-10,15H,4,7-8H2,1-3H3. The highest BCUT2D eigenvalue weighted by Crippen LogP contribution is 2.26. The third kappa shape index (κ3) is 5.12. The minimum Gasteiger partial charge on any atom is -0.494 e. The van der Waals surface area contributed by atoms with Gasteiger partial charge in [-0.1, -0.05) is 20.8 Å². The van der Waals surface area contributed by atoms with Crippen molar-refractivity contribution in [2.45, 2.75) is 32.1 Å². The summed E-state index contributed by atoms with van der Waals surface area (Å²) in [6.45, 7) is 6.92. The summed E-state index contributed by atoms with van der Waals surface area (Å²) in [5.41, 5.74) is 0.